The minimum Gasteiger partial charge on any atom is -0.405 e. The van der Waals surface area contributed by atoms with Crippen molar-refractivity contribution in [2.45, 2.75) is 33.0 Å². The molecular weight excluding hydrogens is 538 g/mol. The van der Waals surface area contributed by atoms with Crippen LogP contribution in [0.15, 0.2) is 53.5 Å². The molecule has 0 fully saturated rings. The molecule has 2 rings (SSSR count). The van der Waals surface area contributed by atoms with Crippen molar-refractivity contribution in [3.63, 3.8) is 0 Å². The molecule has 32 heavy (non-hydrogen) atoms. The highest BCUT2D eigenvalue weighted by Gasteiger charge is 2.31. The van der Waals surface area contributed by atoms with Crippen molar-refractivity contribution >= 4 is 29.9 Å². The van der Waals surface area contributed by atoms with E-state index in [0.717, 1.165) is 11.1 Å². The second-order valence-corrected chi connectivity index (χ2v) is 6.50. The number of guanidine groups is 1. The number of hydrogen-bond donors (Lipinski definition) is 2. The van der Waals surface area contributed by atoms with Crippen LogP contribution in [0.3, 0.4) is 0 Å². The third-order valence-corrected chi connectivity index (χ3v) is 4.16. The first-order chi connectivity index (χ1) is 14.9. The van der Waals surface area contributed by atoms with Crippen LogP contribution in [0.4, 0.5) is 13.2 Å². The maximum Gasteiger partial charge on any atom is 0.573 e. The first kappa shape index (κ1) is 28.0. The molecule has 0 saturated heterocycles. The summed E-state index contributed by atoms with van der Waals surface area (Å²) in [4.78, 5) is 4.12. The van der Waals surface area contributed by atoms with Gasteiger partial charge in [0, 0.05) is 32.3 Å². The molecule has 0 amide bonds. The van der Waals surface area contributed by atoms with Crippen molar-refractivity contribution in [1.29, 1.82) is 0 Å². The molecule has 0 saturated carbocycles. The zero-order chi connectivity index (χ0) is 22.5. The van der Waals surface area contributed by atoms with Crippen LogP contribution in [0.5, 0.6) is 5.75 Å². The number of rotatable bonds is 11. The third-order valence-electron chi connectivity index (χ3n) is 4.16. The zero-order valence-electron chi connectivity index (χ0n) is 18.1. The van der Waals surface area contributed by atoms with E-state index >= 15 is 0 Å². The lowest BCUT2D eigenvalue weighted by Crippen LogP contribution is -2.36. The van der Waals surface area contributed by atoms with Crippen molar-refractivity contribution < 1.29 is 27.4 Å². The first-order valence-corrected chi connectivity index (χ1v) is 9.92. The lowest BCUT2D eigenvalue weighted by Gasteiger charge is -2.16. The van der Waals surface area contributed by atoms with Gasteiger partial charge in [-0.2, -0.15) is 0 Å². The van der Waals surface area contributed by atoms with Crippen LogP contribution in [-0.2, 0) is 29.2 Å². The Hall–Kier alpha value is -2.05. The summed E-state index contributed by atoms with van der Waals surface area (Å²) in [6.07, 6.45) is -4.74. The zero-order valence-corrected chi connectivity index (χ0v) is 20.4. The second kappa shape index (κ2) is 14.9. The van der Waals surface area contributed by atoms with Crippen LogP contribution in [0, 0.1) is 0 Å². The summed E-state index contributed by atoms with van der Waals surface area (Å²) in [7, 11) is 1.59. The molecule has 0 spiro atoms. The number of hydrogen-bond acceptors (Lipinski definition) is 4. The Morgan fingerprint density at radius 2 is 1.62 bits per heavy atom. The quantitative estimate of drug-likeness (QED) is 0.180. The molecule has 0 aliphatic heterocycles. The standard InChI is InChI=1S/C22H28F3N3O3.HI/c1-3-29-11-12-30-16-18-8-6-7-17(13-18)14-27-21(26-2)28-15-19-9-4-5-10-20(19)31-22(23,24)25;/h4-10,13H,3,11-12,14-16H2,1-2H3,(H2,26,27,28);1H. The number of nitrogens with zero attached hydrogens (tertiary/aromatic N) is 1. The van der Waals surface area contributed by atoms with E-state index in [-0.39, 0.29) is 36.3 Å². The van der Waals surface area contributed by atoms with Crippen LogP contribution in [0.1, 0.15) is 23.6 Å². The van der Waals surface area contributed by atoms with Gasteiger partial charge in [0.1, 0.15) is 5.75 Å². The lowest BCUT2D eigenvalue weighted by atomic mass is 10.1. The Morgan fingerprint density at radius 1 is 0.938 bits per heavy atom. The van der Waals surface area contributed by atoms with Gasteiger partial charge in [0.2, 0.25) is 0 Å². The number of alkyl halides is 3. The molecule has 0 aliphatic carbocycles. The average molecular weight is 567 g/mol. The summed E-state index contributed by atoms with van der Waals surface area (Å²) in [6, 6.07) is 13.9. The maximum absolute atomic E-state index is 12.6. The summed E-state index contributed by atoms with van der Waals surface area (Å²) in [6.45, 7) is 4.81. The van der Waals surface area contributed by atoms with Crippen molar-refractivity contribution in [2.75, 3.05) is 26.9 Å². The molecular formula is C22H29F3IN3O3. The lowest BCUT2D eigenvalue weighted by molar-refractivity contribution is -0.274. The first-order valence-electron chi connectivity index (χ1n) is 9.92. The molecule has 2 aromatic rings. The maximum atomic E-state index is 12.6. The predicted octanol–water partition coefficient (Wildman–Crippen LogP) is 4.62. The molecule has 2 aromatic carbocycles. The Morgan fingerprint density at radius 3 is 2.34 bits per heavy atom. The van der Waals surface area contributed by atoms with Gasteiger partial charge < -0.3 is 24.8 Å². The molecule has 0 radical (unpaired) electrons. The van der Waals surface area contributed by atoms with Gasteiger partial charge in [-0.25, -0.2) is 0 Å². The number of halogens is 4. The Labute approximate surface area is 203 Å². The average Bonchev–Trinajstić information content (AvgIpc) is 2.74. The van der Waals surface area contributed by atoms with Gasteiger partial charge >= 0.3 is 6.36 Å². The molecule has 10 heteroatoms. The molecule has 0 heterocycles. The summed E-state index contributed by atoms with van der Waals surface area (Å²) < 4.78 is 52.6. The van der Waals surface area contributed by atoms with Gasteiger partial charge in [-0.1, -0.05) is 42.5 Å². The van der Waals surface area contributed by atoms with Crippen LogP contribution >= 0.6 is 24.0 Å². The van der Waals surface area contributed by atoms with Crippen molar-refractivity contribution in [2.24, 2.45) is 4.99 Å². The summed E-state index contributed by atoms with van der Waals surface area (Å²) in [5.74, 6) is 0.218. The minimum atomic E-state index is -4.74. The van der Waals surface area contributed by atoms with Crippen LogP contribution in [0.25, 0.3) is 0 Å². The molecule has 0 aromatic heterocycles. The normalized spacial score (nSPS) is 11.6. The van der Waals surface area contributed by atoms with E-state index in [9.17, 15) is 13.2 Å². The van der Waals surface area contributed by atoms with E-state index in [1.54, 1.807) is 19.2 Å². The van der Waals surface area contributed by atoms with Crippen LogP contribution in [0.2, 0.25) is 0 Å². The Kier molecular flexibility index (Phi) is 13.0. The van der Waals surface area contributed by atoms with Crippen molar-refractivity contribution in [3.8, 4) is 5.75 Å². The molecule has 0 atom stereocenters. The fraction of sp³-hybridized carbons (Fsp3) is 0.409. The van der Waals surface area contributed by atoms with Crippen molar-refractivity contribution in [1.82, 2.24) is 10.6 Å². The molecule has 6 nitrogen and oxygen atoms in total. The van der Waals surface area contributed by atoms with Gasteiger partial charge in [0.15, 0.2) is 5.96 Å². The predicted molar refractivity (Wildman–Crippen MR) is 128 cm³/mol. The number of nitrogens with one attached hydrogen (secondary N) is 2. The fourth-order valence-corrected chi connectivity index (χ4v) is 2.74. The van der Waals surface area contributed by atoms with Gasteiger partial charge in [-0.3, -0.25) is 4.99 Å². The van der Waals surface area contributed by atoms with E-state index in [1.807, 2.05) is 31.2 Å². The highest BCUT2D eigenvalue weighted by Crippen LogP contribution is 2.26. The monoisotopic (exact) mass is 567 g/mol. The van der Waals surface area contributed by atoms with Crippen LogP contribution in [-0.4, -0.2) is 39.2 Å². The summed E-state index contributed by atoms with van der Waals surface area (Å²) >= 11 is 0. The SMILES string of the molecule is CCOCCOCc1cccc(CNC(=NC)NCc2ccccc2OC(F)(F)F)c1.I. The molecule has 0 aliphatic rings. The van der Waals surface area contributed by atoms with Gasteiger partial charge in [0.05, 0.1) is 19.8 Å². The summed E-state index contributed by atoms with van der Waals surface area (Å²) in [5, 5.41) is 6.15. The van der Waals surface area contributed by atoms with Gasteiger partial charge in [-0.15, -0.1) is 37.1 Å². The number of benzene rings is 2. The largest absolute Gasteiger partial charge is 0.573 e. The summed E-state index contributed by atoms with van der Waals surface area (Å²) in [5.41, 5.74) is 2.43. The highest BCUT2D eigenvalue weighted by molar-refractivity contribution is 14.0. The third kappa shape index (κ3) is 11.0. The minimum absolute atomic E-state index is 0. The second-order valence-electron chi connectivity index (χ2n) is 6.50. The van der Waals surface area contributed by atoms with E-state index in [2.05, 4.69) is 20.4 Å². The molecule has 2 N–H and O–H groups in total. The van der Waals surface area contributed by atoms with Gasteiger partial charge in [0.25, 0.3) is 0 Å². The molecule has 178 valence electrons. The van der Waals surface area contributed by atoms with E-state index in [4.69, 9.17) is 9.47 Å². The van der Waals surface area contributed by atoms with Crippen molar-refractivity contribution in [3.05, 3.63) is 65.2 Å². The Balaban J connectivity index is 0.00000512. The van der Waals surface area contributed by atoms with E-state index in [1.165, 1.54) is 12.1 Å². The molecule has 0 unspecified atom stereocenters. The van der Waals surface area contributed by atoms with E-state index < -0.39 is 6.36 Å². The Bertz CT molecular complexity index is 835. The smallest absolute Gasteiger partial charge is 0.405 e. The number of para-hydroxylation sites is 1. The highest BCUT2D eigenvalue weighted by atomic mass is 127. The van der Waals surface area contributed by atoms with Gasteiger partial charge in [-0.05, 0) is 24.1 Å². The number of ether oxygens (including phenoxy) is 3. The van der Waals surface area contributed by atoms with E-state index in [0.29, 0.717) is 44.5 Å². The van der Waals surface area contributed by atoms with Crippen LogP contribution < -0.4 is 15.4 Å². The molecule has 0 bridgehead atoms. The fourth-order valence-electron chi connectivity index (χ4n) is 2.74. The topological polar surface area (TPSA) is 64.1 Å². The number of aliphatic imine (C=N–C) groups is 1.